The van der Waals surface area contributed by atoms with Gasteiger partial charge in [0.05, 0.1) is 11.4 Å². The highest BCUT2D eigenvalue weighted by Gasteiger charge is 2.33. The van der Waals surface area contributed by atoms with Crippen LogP contribution in [0.5, 0.6) is 0 Å². The van der Waals surface area contributed by atoms with Gasteiger partial charge in [-0.15, -0.1) is 0 Å². The van der Waals surface area contributed by atoms with Crippen molar-refractivity contribution in [3.8, 4) is 0 Å². The van der Waals surface area contributed by atoms with Crippen molar-refractivity contribution < 1.29 is 0 Å². The number of aryl methyl sites for hydroxylation is 2. The fraction of sp³-hybridized carbons (Fsp3) is 0.800. The first-order valence-electron chi connectivity index (χ1n) is 7.40. The molecule has 0 radical (unpaired) electrons. The molecule has 1 aliphatic rings. The lowest BCUT2D eigenvalue weighted by Gasteiger charge is -2.46. The number of hydrogen-bond acceptors (Lipinski definition) is 3. The van der Waals surface area contributed by atoms with Crippen molar-refractivity contribution in [3.63, 3.8) is 0 Å². The van der Waals surface area contributed by atoms with Crippen LogP contribution in [0.2, 0.25) is 0 Å². The fourth-order valence-corrected chi connectivity index (χ4v) is 2.91. The Morgan fingerprint density at radius 3 is 2.79 bits per heavy atom. The zero-order valence-corrected chi connectivity index (χ0v) is 13.0. The minimum absolute atomic E-state index is 0.211. The zero-order chi connectivity index (χ0) is 14.0. The van der Waals surface area contributed by atoms with Gasteiger partial charge in [-0.2, -0.15) is 5.10 Å². The Morgan fingerprint density at radius 1 is 1.47 bits per heavy atom. The highest BCUT2D eigenvalue weighted by molar-refractivity contribution is 5.09. The summed E-state index contributed by atoms with van der Waals surface area (Å²) in [6, 6.07) is 2.83. The Bertz CT molecular complexity index is 422. The summed E-state index contributed by atoms with van der Waals surface area (Å²) in [7, 11) is 2.04. The molecule has 0 saturated carbocycles. The molecule has 1 aromatic rings. The number of nitrogens with zero attached hydrogens (tertiary/aromatic N) is 3. The first kappa shape index (κ1) is 14.5. The van der Waals surface area contributed by atoms with Gasteiger partial charge in [0.25, 0.3) is 0 Å². The molecule has 1 N–H and O–H groups in total. The minimum atomic E-state index is 0.211. The van der Waals surface area contributed by atoms with Crippen LogP contribution in [0.4, 0.5) is 0 Å². The van der Waals surface area contributed by atoms with Crippen molar-refractivity contribution in [1.82, 2.24) is 20.0 Å². The predicted molar refractivity (Wildman–Crippen MR) is 79.1 cm³/mol. The van der Waals surface area contributed by atoms with E-state index in [0.717, 1.165) is 25.3 Å². The molecule has 1 fully saturated rings. The second-order valence-corrected chi connectivity index (χ2v) is 6.46. The Labute approximate surface area is 117 Å². The van der Waals surface area contributed by atoms with Gasteiger partial charge >= 0.3 is 0 Å². The molecule has 1 aromatic heterocycles. The first-order valence-corrected chi connectivity index (χ1v) is 7.40. The van der Waals surface area contributed by atoms with Gasteiger partial charge in [0.15, 0.2) is 0 Å². The van der Waals surface area contributed by atoms with Crippen LogP contribution in [0.15, 0.2) is 6.07 Å². The van der Waals surface area contributed by atoms with Crippen LogP contribution in [0.3, 0.4) is 0 Å². The van der Waals surface area contributed by atoms with Crippen LogP contribution >= 0.6 is 0 Å². The van der Waals surface area contributed by atoms with Gasteiger partial charge in [-0.25, -0.2) is 0 Å². The topological polar surface area (TPSA) is 33.1 Å². The smallest absolute Gasteiger partial charge is 0.0597 e. The Kier molecular flexibility index (Phi) is 4.31. The van der Waals surface area contributed by atoms with E-state index in [9.17, 15) is 0 Å². The average molecular weight is 264 g/mol. The second-order valence-electron chi connectivity index (χ2n) is 6.46. The summed E-state index contributed by atoms with van der Waals surface area (Å²) in [5, 5.41) is 8.14. The summed E-state index contributed by atoms with van der Waals surface area (Å²) in [4.78, 5) is 2.60. The van der Waals surface area contributed by atoms with Crippen LogP contribution < -0.4 is 5.32 Å². The maximum atomic E-state index is 4.45. The number of rotatable bonds is 4. The van der Waals surface area contributed by atoms with Gasteiger partial charge in [-0.3, -0.25) is 9.58 Å². The third-order valence-electron chi connectivity index (χ3n) is 4.21. The number of nitrogens with one attached hydrogen (secondary N) is 1. The fourth-order valence-electron chi connectivity index (χ4n) is 2.91. The lowest BCUT2D eigenvalue weighted by atomic mass is 9.95. The summed E-state index contributed by atoms with van der Waals surface area (Å²) in [6.07, 6.45) is 2.51. The average Bonchev–Trinajstić information content (AvgIpc) is 2.63. The molecule has 1 atom stereocenters. The molecular weight excluding hydrogens is 236 g/mol. The van der Waals surface area contributed by atoms with Gasteiger partial charge in [0.1, 0.15) is 0 Å². The van der Waals surface area contributed by atoms with Crippen molar-refractivity contribution in [2.45, 2.75) is 58.7 Å². The van der Waals surface area contributed by atoms with Crippen LogP contribution in [0, 0.1) is 6.92 Å². The van der Waals surface area contributed by atoms with E-state index in [0.29, 0.717) is 6.04 Å². The van der Waals surface area contributed by atoms with Crippen molar-refractivity contribution in [2.24, 2.45) is 7.05 Å². The lowest BCUT2D eigenvalue weighted by molar-refractivity contribution is 0.0542. The Balaban J connectivity index is 2.08. The minimum Gasteiger partial charge on any atom is -0.311 e. The van der Waals surface area contributed by atoms with Gasteiger partial charge < -0.3 is 5.32 Å². The van der Waals surface area contributed by atoms with E-state index in [2.05, 4.69) is 49.1 Å². The van der Waals surface area contributed by atoms with Crippen molar-refractivity contribution in [1.29, 1.82) is 0 Å². The largest absolute Gasteiger partial charge is 0.311 e. The molecule has 1 aliphatic heterocycles. The normalized spacial score (nSPS) is 23.7. The summed E-state index contributed by atoms with van der Waals surface area (Å²) in [6.45, 7) is 12.2. The van der Waals surface area contributed by atoms with Gasteiger partial charge in [0, 0.05) is 38.3 Å². The molecule has 0 aromatic carbocycles. The second kappa shape index (κ2) is 5.63. The number of piperazine rings is 1. The standard InChI is InChI=1S/C15H28N4/c1-6-7-13-9-19(15(3,4)11-16-13)10-14-8-12(2)17-18(14)5/h8,13,16H,6-7,9-11H2,1-5H3. The van der Waals surface area contributed by atoms with Crippen molar-refractivity contribution in [2.75, 3.05) is 13.1 Å². The zero-order valence-electron chi connectivity index (χ0n) is 13.0. The predicted octanol–water partition coefficient (Wildman–Crippen LogP) is 2.08. The third kappa shape index (κ3) is 3.37. The van der Waals surface area contributed by atoms with E-state index in [1.54, 1.807) is 0 Å². The maximum Gasteiger partial charge on any atom is 0.0597 e. The number of hydrogen-bond donors (Lipinski definition) is 1. The summed E-state index contributed by atoms with van der Waals surface area (Å²) < 4.78 is 2.02. The molecule has 19 heavy (non-hydrogen) atoms. The molecule has 4 heteroatoms. The van der Waals surface area contributed by atoms with Gasteiger partial charge in [-0.05, 0) is 33.3 Å². The molecule has 0 aliphatic carbocycles. The lowest BCUT2D eigenvalue weighted by Crippen LogP contribution is -2.61. The number of aromatic nitrogens is 2. The van der Waals surface area contributed by atoms with Crippen LogP contribution in [-0.2, 0) is 13.6 Å². The quantitative estimate of drug-likeness (QED) is 0.904. The highest BCUT2D eigenvalue weighted by atomic mass is 15.3. The van der Waals surface area contributed by atoms with E-state index >= 15 is 0 Å². The molecule has 2 heterocycles. The molecule has 1 saturated heterocycles. The Morgan fingerprint density at radius 2 is 2.21 bits per heavy atom. The maximum absolute atomic E-state index is 4.45. The van der Waals surface area contributed by atoms with Crippen LogP contribution in [0.25, 0.3) is 0 Å². The molecule has 0 spiro atoms. The van der Waals surface area contributed by atoms with E-state index in [4.69, 9.17) is 0 Å². The molecule has 108 valence electrons. The summed E-state index contributed by atoms with van der Waals surface area (Å²) in [5.41, 5.74) is 2.63. The van der Waals surface area contributed by atoms with Crippen molar-refractivity contribution in [3.05, 3.63) is 17.5 Å². The molecule has 1 unspecified atom stereocenters. The van der Waals surface area contributed by atoms with Gasteiger partial charge in [-0.1, -0.05) is 13.3 Å². The monoisotopic (exact) mass is 264 g/mol. The van der Waals surface area contributed by atoms with Gasteiger partial charge in [0.2, 0.25) is 0 Å². The summed E-state index contributed by atoms with van der Waals surface area (Å²) in [5.74, 6) is 0. The Hall–Kier alpha value is -0.870. The van der Waals surface area contributed by atoms with E-state index < -0.39 is 0 Å². The summed E-state index contributed by atoms with van der Waals surface area (Å²) >= 11 is 0. The highest BCUT2D eigenvalue weighted by Crippen LogP contribution is 2.22. The van der Waals surface area contributed by atoms with E-state index in [-0.39, 0.29) is 5.54 Å². The van der Waals surface area contributed by atoms with Crippen molar-refractivity contribution >= 4 is 0 Å². The van der Waals surface area contributed by atoms with E-state index in [1.807, 2.05) is 11.7 Å². The SMILES string of the molecule is CCCC1CN(Cc2cc(C)nn2C)C(C)(C)CN1. The third-order valence-corrected chi connectivity index (χ3v) is 4.21. The molecular formula is C15H28N4. The molecule has 2 rings (SSSR count). The first-order chi connectivity index (χ1) is 8.92. The molecule has 0 amide bonds. The van der Waals surface area contributed by atoms with Crippen LogP contribution in [0.1, 0.15) is 45.0 Å². The molecule has 0 bridgehead atoms. The van der Waals surface area contributed by atoms with Crippen LogP contribution in [-0.4, -0.2) is 39.4 Å². The van der Waals surface area contributed by atoms with E-state index in [1.165, 1.54) is 18.5 Å². The molecule has 4 nitrogen and oxygen atoms in total.